The van der Waals surface area contributed by atoms with Gasteiger partial charge in [0.25, 0.3) is 0 Å². The number of hydrogen-bond donors (Lipinski definition) is 1. The molecule has 0 aromatic heterocycles. The van der Waals surface area contributed by atoms with Crippen LogP contribution in [0.25, 0.3) is 6.08 Å². The minimum atomic E-state index is 0.265. The molecule has 2 aliphatic heterocycles. The number of allylic oxidation sites excluding steroid dienone is 1. The van der Waals surface area contributed by atoms with Crippen LogP contribution in [0.4, 0.5) is 0 Å². The van der Waals surface area contributed by atoms with Crippen LogP contribution in [-0.2, 0) is 0 Å². The molecule has 2 saturated heterocycles. The number of aliphatic hydroxyl groups is 1. The SMILES string of the molecule is C/C=C/c1ccc([C@H]2[C@@H](CO)N3CCCCN(C)C[C@H]23)cc1. The summed E-state index contributed by atoms with van der Waals surface area (Å²) in [6, 6.07) is 9.73. The maximum atomic E-state index is 9.86. The summed E-state index contributed by atoms with van der Waals surface area (Å²) in [4.78, 5) is 4.98. The summed E-state index contributed by atoms with van der Waals surface area (Å²) in [5, 5.41) is 9.86. The average molecular weight is 300 g/mol. The quantitative estimate of drug-likeness (QED) is 0.929. The van der Waals surface area contributed by atoms with E-state index in [9.17, 15) is 5.11 Å². The van der Waals surface area contributed by atoms with Crippen molar-refractivity contribution in [3.05, 3.63) is 41.5 Å². The van der Waals surface area contributed by atoms with Crippen LogP contribution in [0.2, 0.25) is 0 Å². The summed E-state index contributed by atoms with van der Waals surface area (Å²) < 4.78 is 0. The Hall–Kier alpha value is -1.16. The monoisotopic (exact) mass is 300 g/mol. The van der Waals surface area contributed by atoms with Gasteiger partial charge in [0, 0.05) is 24.5 Å². The summed E-state index contributed by atoms with van der Waals surface area (Å²) >= 11 is 0. The van der Waals surface area contributed by atoms with E-state index in [0.717, 1.165) is 13.1 Å². The van der Waals surface area contributed by atoms with Crippen LogP contribution in [0.1, 0.15) is 36.8 Å². The molecule has 3 atom stereocenters. The molecule has 1 aromatic carbocycles. The second-order valence-electron chi connectivity index (χ2n) is 6.72. The van der Waals surface area contributed by atoms with Crippen LogP contribution in [0.5, 0.6) is 0 Å². The predicted molar refractivity (Wildman–Crippen MR) is 92.0 cm³/mol. The molecule has 3 heteroatoms. The topological polar surface area (TPSA) is 26.7 Å². The molecule has 0 aliphatic carbocycles. The molecule has 0 radical (unpaired) electrons. The Morgan fingerprint density at radius 1 is 1.18 bits per heavy atom. The molecule has 22 heavy (non-hydrogen) atoms. The summed E-state index contributed by atoms with van der Waals surface area (Å²) in [6.07, 6.45) is 6.70. The first kappa shape index (κ1) is 15.7. The van der Waals surface area contributed by atoms with E-state index < -0.39 is 0 Å². The van der Waals surface area contributed by atoms with Crippen molar-refractivity contribution in [1.29, 1.82) is 0 Å². The van der Waals surface area contributed by atoms with Crippen molar-refractivity contribution in [2.45, 2.75) is 37.8 Å². The summed E-state index contributed by atoms with van der Waals surface area (Å²) in [5.74, 6) is 0.463. The van der Waals surface area contributed by atoms with E-state index in [2.05, 4.69) is 53.3 Å². The zero-order chi connectivity index (χ0) is 15.5. The van der Waals surface area contributed by atoms with Gasteiger partial charge in [0.1, 0.15) is 0 Å². The Bertz CT molecular complexity index is 511. The molecule has 3 rings (SSSR count). The molecule has 0 bridgehead atoms. The predicted octanol–water partition coefficient (Wildman–Crippen LogP) is 2.57. The van der Waals surface area contributed by atoms with Gasteiger partial charge < -0.3 is 10.0 Å². The lowest BCUT2D eigenvalue weighted by molar-refractivity contribution is -0.0614. The number of aliphatic hydroxyl groups excluding tert-OH is 1. The Morgan fingerprint density at radius 2 is 1.91 bits per heavy atom. The molecule has 2 heterocycles. The van der Waals surface area contributed by atoms with E-state index in [4.69, 9.17) is 0 Å². The number of rotatable bonds is 3. The van der Waals surface area contributed by atoms with Crippen LogP contribution in [0, 0.1) is 0 Å². The van der Waals surface area contributed by atoms with E-state index in [0.29, 0.717) is 18.0 Å². The third-order valence-corrected chi connectivity index (χ3v) is 5.25. The van der Waals surface area contributed by atoms with Gasteiger partial charge in [-0.15, -0.1) is 0 Å². The van der Waals surface area contributed by atoms with Gasteiger partial charge in [-0.2, -0.15) is 0 Å². The van der Waals surface area contributed by atoms with E-state index in [-0.39, 0.29) is 6.61 Å². The van der Waals surface area contributed by atoms with Gasteiger partial charge in [0.15, 0.2) is 0 Å². The maximum Gasteiger partial charge on any atom is 0.0593 e. The molecule has 120 valence electrons. The van der Waals surface area contributed by atoms with Gasteiger partial charge in [-0.05, 0) is 51.0 Å². The van der Waals surface area contributed by atoms with Crippen LogP contribution in [-0.4, -0.2) is 60.3 Å². The molecule has 0 saturated carbocycles. The van der Waals surface area contributed by atoms with E-state index in [1.807, 2.05) is 6.92 Å². The van der Waals surface area contributed by atoms with E-state index in [1.54, 1.807) is 0 Å². The van der Waals surface area contributed by atoms with Crippen molar-refractivity contribution < 1.29 is 5.11 Å². The lowest BCUT2D eigenvalue weighted by atomic mass is 9.74. The van der Waals surface area contributed by atoms with Crippen molar-refractivity contribution >= 4 is 6.08 Å². The molecule has 0 spiro atoms. The van der Waals surface area contributed by atoms with E-state index >= 15 is 0 Å². The molecule has 2 aliphatic rings. The van der Waals surface area contributed by atoms with Gasteiger partial charge in [-0.25, -0.2) is 0 Å². The highest BCUT2D eigenvalue weighted by Crippen LogP contribution is 2.41. The molecule has 0 unspecified atom stereocenters. The first-order chi connectivity index (χ1) is 10.7. The second kappa shape index (κ2) is 6.95. The fraction of sp³-hybridized carbons (Fsp3) is 0.579. The van der Waals surface area contributed by atoms with Crippen molar-refractivity contribution in [3.63, 3.8) is 0 Å². The van der Waals surface area contributed by atoms with Crippen molar-refractivity contribution in [2.75, 3.05) is 33.3 Å². The van der Waals surface area contributed by atoms with E-state index in [1.165, 1.54) is 30.5 Å². The first-order valence-electron chi connectivity index (χ1n) is 8.52. The highest BCUT2D eigenvalue weighted by molar-refractivity contribution is 5.50. The lowest BCUT2D eigenvalue weighted by Gasteiger charge is -2.57. The lowest BCUT2D eigenvalue weighted by Crippen LogP contribution is -2.67. The van der Waals surface area contributed by atoms with Gasteiger partial charge in [0.2, 0.25) is 0 Å². The van der Waals surface area contributed by atoms with Crippen molar-refractivity contribution in [2.24, 2.45) is 0 Å². The van der Waals surface area contributed by atoms with Crippen LogP contribution < -0.4 is 0 Å². The summed E-state index contributed by atoms with van der Waals surface area (Å²) in [7, 11) is 2.22. The zero-order valence-electron chi connectivity index (χ0n) is 13.8. The van der Waals surface area contributed by atoms with Crippen molar-refractivity contribution in [3.8, 4) is 0 Å². The minimum Gasteiger partial charge on any atom is -0.395 e. The van der Waals surface area contributed by atoms with Gasteiger partial charge in [0.05, 0.1) is 6.61 Å². The average Bonchev–Trinajstić information content (AvgIpc) is 2.51. The molecule has 1 aromatic rings. The molecular weight excluding hydrogens is 272 g/mol. The maximum absolute atomic E-state index is 9.86. The third-order valence-electron chi connectivity index (χ3n) is 5.25. The highest BCUT2D eigenvalue weighted by atomic mass is 16.3. The largest absolute Gasteiger partial charge is 0.395 e. The normalized spacial score (nSPS) is 30.6. The molecule has 0 amide bonds. The van der Waals surface area contributed by atoms with Crippen LogP contribution >= 0.6 is 0 Å². The zero-order valence-corrected chi connectivity index (χ0v) is 13.8. The number of likely N-dealkylation sites (N-methyl/N-ethyl adjacent to an activating group) is 1. The second-order valence-corrected chi connectivity index (χ2v) is 6.72. The molecular formula is C19H28N2O. The summed E-state index contributed by atoms with van der Waals surface area (Å²) in [6.45, 7) is 5.75. The standard InChI is InChI=1S/C19H28N2O/c1-3-6-15-7-9-16(10-8-15)19-17-13-20(2)11-4-5-12-21(17)18(19)14-22/h3,6-10,17-19,22H,4-5,11-14H2,1-2H3/b6-3+/t17-,18-,19-/m1/s1. The van der Waals surface area contributed by atoms with Crippen molar-refractivity contribution in [1.82, 2.24) is 9.80 Å². The van der Waals surface area contributed by atoms with Crippen LogP contribution in [0.3, 0.4) is 0 Å². The molecule has 2 fully saturated rings. The molecule has 1 N–H and O–H groups in total. The Kier molecular flexibility index (Phi) is 4.97. The van der Waals surface area contributed by atoms with Gasteiger partial charge in [-0.3, -0.25) is 4.90 Å². The highest BCUT2D eigenvalue weighted by Gasteiger charge is 2.48. The number of hydrogen-bond acceptors (Lipinski definition) is 3. The summed E-state index contributed by atoms with van der Waals surface area (Å²) in [5.41, 5.74) is 2.63. The van der Waals surface area contributed by atoms with Crippen LogP contribution in [0.15, 0.2) is 30.3 Å². The Morgan fingerprint density at radius 3 is 2.59 bits per heavy atom. The Balaban J connectivity index is 1.81. The number of nitrogens with zero attached hydrogens (tertiary/aromatic N) is 2. The number of benzene rings is 1. The number of fused-ring (bicyclic) bond motifs is 1. The van der Waals surface area contributed by atoms with Gasteiger partial charge in [-0.1, -0.05) is 36.4 Å². The fourth-order valence-electron chi connectivity index (χ4n) is 4.13. The Labute approximate surface area is 134 Å². The first-order valence-corrected chi connectivity index (χ1v) is 8.52. The molecule has 3 nitrogen and oxygen atoms in total. The van der Waals surface area contributed by atoms with Gasteiger partial charge >= 0.3 is 0 Å². The fourth-order valence-corrected chi connectivity index (χ4v) is 4.13. The minimum absolute atomic E-state index is 0.265. The third kappa shape index (κ3) is 2.98. The smallest absolute Gasteiger partial charge is 0.0593 e.